The highest BCUT2D eigenvalue weighted by Crippen LogP contribution is 2.16. The third-order valence-corrected chi connectivity index (χ3v) is 3.21. The van der Waals surface area contributed by atoms with Gasteiger partial charge in [0.2, 0.25) is 5.91 Å². The lowest BCUT2D eigenvalue weighted by Crippen LogP contribution is -2.12. The minimum absolute atomic E-state index is 0.0415. The summed E-state index contributed by atoms with van der Waals surface area (Å²) in [6.45, 7) is -0.384. The Morgan fingerprint density at radius 1 is 1.00 bits per heavy atom. The molecule has 0 aliphatic carbocycles. The third-order valence-electron chi connectivity index (χ3n) is 3.21. The van der Waals surface area contributed by atoms with Gasteiger partial charge in [-0.2, -0.15) is 0 Å². The van der Waals surface area contributed by atoms with E-state index >= 15 is 0 Å². The molecule has 0 aliphatic heterocycles. The number of amides is 1. The van der Waals surface area contributed by atoms with Crippen molar-refractivity contribution in [3.05, 3.63) is 60.2 Å². The molecule has 23 heavy (non-hydrogen) atoms. The molecule has 5 heteroatoms. The topological polar surface area (TPSA) is 75.6 Å². The van der Waals surface area contributed by atoms with Crippen LogP contribution in [-0.4, -0.2) is 23.6 Å². The van der Waals surface area contributed by atoms with Crippen LogP contribution in [0.25, 0.3) is 0 Å². The Morgan fingerprint density at radius 3 is 2.35 bits per heavy atom. The first-order valence-corrected chi connectivity index (χ1v) is 7.42. The molecule has 2 rings (SSSR count). The molecule has 0 aliphatic rings. The molecule has 0 radical (unpaired) electrons. The van der Waals surface area contributed by atoms with Gasteiger partial charge in [-0.1, -0.05) is 30.3 Å². The first-order chi connectivity index (χ1) is 11.1. The van der Waals surface area contributed by atoms with Crippen LogP contribution in [0.4, 0.5) is 5.69 Å². The van der Waals surface area contributed by atoms with Gasteiger partial charge in [-0.25, -0.2) is 4.79 Å². The Kier molecular flexibility index (Phi) is 6.17. The fourth-order valence-electron chi connectivity index (χ4n) is 2.10. The predicted octanol–water partition coefficient (Wildman–Crippen LogP) is 3.11. The second kappa shape index (κ2) is 8.58. The molecule has 0 spiro atoms. The van der Waals surface area contributed by atoms with E-state index in [1.165, 1.54) is 5.56 Å². The summed E-state index contributed by atoms with van der Waals surface area (Å²) in [6, 6.07) is 16.7. The van der Waals surface area contributed by atoms with Crippen LogP contribution in [0.1, 0.15) is 18.4 Å². The van der Waals surface area contributed by atoms with E-state index < -0.39 is 5.97 Å². The molecule has 2 aromatic carbocycles. The lowest BCUT2D eigenvalue weighted by molar-refractivity contribution is -0.139. The van der Waals surface area contributed by atoms with Crippen LogP contribution in [0, 0.1) is 0 Å². The Bertz CT molecular complexity index is 638. The molecule has 0 aromatic heterocycles. The van der Waals surface area contributed by atoms with Gasteiger partial charge in [0.25, 0.3) is 0 Å². The van der Waals surface area contributed by atoms with Crippen LogP contribution in [0.3, 0.4) is 0 Å². The van der Waals surface area contributed by atoms with Crippen molar-refractivity contribution in [2.45, 2.75) is 19.3 Å². The zero-order chi connectivity index (χ0) is 16.5. The second-order valence-corrected chi connectivity index (χ2v) is 5.09. The first kappa shape index (κ1) is 16.5. The third kappa shape index (κ3) is 6.22. The van der Waals surface area contributed by atoms with E-state index in [2.05, 4.69) is 5.32 Å². The standard InChI is InChI=1S/C18H19NO4/c20-17(8-4-7-14-5-2-1-3-6-14)19-15-9-11-16(12-10-15)23-13-18(21)22/h1-3,5-6,9-12H,4,7-8,13H2,(H,19,20)(H,21,22). The number of nitrogens with one attached hydrogen (secondary N) is 1. The number of aryl methyl sites for hydroxylation is 1. The molecule has 0 saturated carbocycles. The van der Waals surface area contributed by atoms with Crippen LogP contribution in [0.15, 0.2) is 54.6 Å². The maximum Gasteiger partial charge on any atom is 0.341 e. The van der Waals surface area contributed by atoms with Gasteiger partial charge in [-0.15, -0.1) is 0 Å². The lowest BCUT2D eigenvalue weighted by atomic mass is 10.1. The number of carboxylic acid groups (broad SMARTS) is 1. The molecular formula is C18H19NO4. The van der Waals surface area contributed by atoms with Gasteiger partial charge in [0.05, 0.1) is 0 Å². The maximum atomic E-state index is 11.9. The summed E-state index contributed by atoms with van der Waals surface area (Å²) in [4.78, 5) is 22.3. The number of hydrogen-bond donors (Lipinski definition) is 2. The molecule has 1 amide bonds. The second-order valence-electron chi connectivity index (χ2n) is 5.09. The smallest absolute Gasteiger partial charge is 0.341 e. The number of hydrogen-bond acceptors (Lipinski definition) is 3. The number of rotatable bonds is 8. The number of carbonyl (C=O) groups is 2. The van der Waals surface area contributed by atoms with Gasteiger partial charge in [-0.3, -0.25) is 4.79 Å². The molecule has 5 nitrogen and oxygen atoms in total. The number of aliphatic carboxylic acids is 1. The fourth-order valence-corrected chi connectivity index (χ4v) is 2.10. The number of anilines is 1. The lowest BCUT2D eigenvalue weighted by Gasteiger charge is -2.07. The Balaban J connectivity index is 1.73. The normalized spacial score (nSPS) is 10.1. The van der Waals surface area contributed by atoms with Crippen molar-refractivity contribution in [2.24, 2.45) is 0 Å². The van der Waals surface area contributed by atoms with Crippen molar-refractivity contribution in [3.8, 4) is 5.75 Å². The number of ether oxygens (including phenoxy) is 1. The van der Waals surface area contributed by atoms with Crippen LogP contribution >= 0.6 is 0 Å². The zero-order valence-corrected chi connectivity index (χ0v) is 12.7. The van der Waals surface area contributed by atoms with Crippen molar-refractivity contribution in [3.63, 3.8) is 0 Å². The average Bonchev–Trinajstić information content (AvgIpc) is 2.55. The van der Waals surface area contributed by atoms with Crippen LogP contribution in [0.2, 0.25) is 0 Å². The van der Waals surface area contributed by atoms with Crippen molar-refractivity contribution >= 4 is 17.6 Å². The van der Waals surface area contributed by atoms with Crippen molar-refractivity contribution < 1.29 is 19.4 Å². The van der Waals surface area contributed by atoms with E-state index in [0.29, 0.717) is 17.9 Å². The zero-order valence-electron chi connectivity index (χ0n) is 12.7. The number of carboxylic acids is 1. The summed E-state index contributed by atoms with van der Waals surface area (Å²) >= 11 is 0. The summed E-state index contributed by atoms with van der Waals surface area (Å²) in [7, 11) is 0. The van der Waals surface area contributed by atoms with Crippen LogP contribution < -0.4 is 10.1 Å². The maximum absolute atomic E-state index is 11.9. The van der Waals surface area contributed by atoms with E-state index in [9.17, 15) is 9.59 Å². The molecular weight excluding hydrogens is 294 g/mol. The Hall–Kier alpha value is -2.82. The molecule has 0 unspecified atom stereocenters. The monoisotopic (exact) mass is 313 g/mol. The van der Waals surface area contributed by atoms with Gasteiger partial charge >= 0.3 is 5.97 Å². The van der Waals surface area contributed by atoms with Crippen LogP contribution in [0.5, 0.6) is 5.75 Å². The summed E-state index contributed by atoms with van der Waals surface area (Å²) in [5.41, 5.74) is 1.89. The van der Waals surface area contributed by atoms with Crippen molar-refractivity contribution in [1.29, 1.82) is 0 Å². The molecule has 0 bridgehead atoms. The molecule has 2 N–H and O–H groups in total. The van der Waals surface area contributed by atoms with Crippen LogP contribution in [-0.2, 0) is 16.0 Å². The van der Waals surface area contributed by atoms with Crippen molar-refractivity contribution in [2.75, 3.05) is 11.9 Å². The van der Waals surface area contributed by atoms with Crippen molar-refractivity contribution in [1.82, 2.24) is 0 Å². The van der Waals surface area contributed by atoms with Gasteiger partial charge < -0.3 is 15.2 Å². The van der Waals surface area contributed by atoms with E-state index in [0.717, 1.165) is 12.8 Å². The minimum atomic E-state index is -1.03. The highest BCUT2D eigenvalue weighted by Gasteiger charge is 2.04. The highest BCUT2D eigenvalue weighted by atomic mass is 16.5. The SMILES string of the molecule is O=C(O)COc1ccc(NC(=O)CCCc2ccccc2)cc1. The Labute approximate surface area is 134 Å². The van der Waals surface area contributed by atoms with E-state index in [4.69, 9.17) is 9.84 Å². The van der Waals surface area contributed by atoms with Gasteiger partial charge in [0.15, 0.2) is 6.61 Å². The summed E-state index contributed by atoms with van der Waals surface area (Å²) in [5, 5.41) is 11.3. The molecule has 0 atom stereocenters. The molecule has 0 saturated heterocycles. The number of benzene rings is 2. The fraction of sp³-hybridized carbons (Fsp3) is 0.222. The van der Waals surface area contributed by atoms with E-state index in [1.54, 1.807) is 24.3 Å². The summed E-state index contributed by atoms with van der Waals surface area (Å²) < 4.78 is 5.03. The summed E-state index contributed by atoms with van der Waals surface area (Å²) in [6.07, 6.45) is 2.11. The predicted molar refractivity (Wildman–Crippen MR) is 87.6 cm³/mol. The number of carbonyl (C=O) groups excluding carboxylic acids is 1. The highest BCUT2D eigenvalue weighted by molar-refractivity contribution is 5.90. The summed E-state index contributed by atoms with van der Waals surface area (Å²) in [5.74, 6) is -0.615. The Morgan fingerprint density at radius 2 is 1.70 bits per heavy atom. The van der Waals surface area contributed by atoms with E-state index in [1.807, 2.05) is 30.3 Å². The molecule has 0 heterocycles. The van der Waals surface area contributed by atoms with E-state index in [-0.39, 0.29) is 12.5 Å². The molecule has 2 aromatic rings. The first-order valence-electron chi connectivity index (χ1n) is 7.42. The van der Waals surface area contributed by atoms with Gasteiger partial charge in [0, 0.05) is 12.1 Å². The average molecular weight is 313 g/mol. The largest absolute Gasteiger partial charge is 0.482 e. The quantitative estimate of drug-likeness (QED) is 0.785. The molecule has 120 valence electrons. The minimum Gasteiger partial charge on any atom is -0.482 e. The molecule has 0 fully saturated rings. The van der Waals surface area contributed by atoms with Gasteiger partial charge in [-0.05, 0) is 42.7 Å². The van der Waals surface area contributed by atoms with Gasteiger partial charge in [0.1, 0.15) is 5.75 Å².